The van der Waals surface area contributed by atoms with Gasteiger partial charge in [0.15, 0.2) is 0 Å². The maximum atomic E-state index is 13.3. The molecule has 0 unspecified atom stereocenters. The van der Waals surface area contributed by atoms with Gasteiger partial charge in [0.1, 0.15) is 0 Å². The van der Waals surface area contributed by atoms with Crippen molar-refractivity contribution >= 4 is 27.5 Å². The van der Waals surface area contributed by atoms with Gasteiger partial charge in [0.25, 0.3) is 5.91 Å². The molecule has 0 saturated carbocycles. The van der Waals surface area contributed by atoms with Crippen molar-refractivity contribution in [3.05, 3.63) is 57.8 Å². The average Bonchev–Trinajstić information content (AvgIpc) is 2.35. The molecular formula is C13H9BrF2N2O. The van der Waals surface area contributed by atoms with Crippen molar-refractivity contribution in [2.45, 2.75) is 6.92 Å². The second-order valence-corrected chi connectivity index (χ2v) is 4.76. The summed E-state index contributed by atoms with van der Waals surface area (Å²) in [5.41, 5.74) is 1.09. The quantitative estimate of drug-likeness (QED) is 0.855. The van der Waals surface area contributed by atoms with Gasteiger partial charge in [0.2, 0.25) is 11.9 Å². The number of benzene rings is 1. The standard InChI is InChI=1S/C13H9BrF2N2O/c1-7-2-3-9(14)8(6-7)13(19)17-10-4-5-11(15)18-12(10)16/h2-6H,1H3,(H,17,19). The van der Waals surface area contributed by atoms with Gasteiger partial charge < -0.3 is 5.32 Å². The Bertz CT molecular complexity index is 647. The van der Waals surface area contributed by atoms with Crippen LogP contribution in [0.1, 0.15) is 15.9 Å². The summed E-state index contributed by atoms with van der Waals surface area (Å²) in [6.07, 6.45) is 0. The summed E-state index contributed by atoms with van der Waals surface area (Å²) < 4.78 is 26.6. The Labute approximate surface area is 116 Å². The molecule has 0 aliphatic heterocycles. The SMILES string of the molecule is Cc1ccc(Br)c(C(=O)Nc2ccc(F)nc2F)c1. The fourth-order valence-electron chi connectivity index (χ4n) is 1.51. The van der Waals surface area contributed by atoms with Crippen LogP contribution in [0, 0.1) is 18.8 Å². The van der Waals surface area contributed by atoms with Crippen LogP contribution in [0.3, 0.4) is 0 Å². The molecule has 0 aliphatic rings. The van der Waals surface area contributed by atoms with E-state index < -0.39 is 17.8 Å². The predicted octanol–water partition coefficient (Wildman–Crippen LogP) is 3.68. The summed E-state index contributed by atoms with van der Waals surface area (Å²) in [5, 5.41) is 2.35. The topological polar surface area (TPSA) is 42.0 Å². The minimum Gasteiger partial charge on any atom is -0.318 e. The number of rotatable bonds is 2. The number of nitrogens with zero attached hydrogens (tertiary/aromatic N) is 1. The lowest BCUT2D eigenvalue weighted by Gasteiger charge is -2.08. The molecule has 0 radical (unpaired) electrons. The van der Waals surface area contributed by atoms with E-state index in [2.05, 4.69) is 26.2 Å². The number of aromatic nitrogens is 1. The monoisotopic (exact) mass is 326 g/mol. The molecule has 6 heteroatoms. The minimum atomic E-state index is -1.06. The first-order valence-corrected chi connectivity index (χ1v) is 6.16. The van der Waals surface area contributed by atoms with Gasteiger partial charge in [0, 0.05) is 4.47 Å². The fraction of sp³-hybridized carbons (Fsp3) is 0.0769. The molecule has 2 rings (SSSR count). The first-order valence-electron chi connectivity index (χ1n) is 5.37. The van der Waals surface area contributed by atoms with E-state index in [1.54, 1.807) is 12.1 Å². The number of carbonyl (C=O) groups is 1. The highest BCUT2D eigenvalue weighted by atomic mass is 79.9. The lowest BCUT2D eigenvalue weighted by molar-refractivity contribution is 0.102. The minimum absolute atomic E-state index is 0.167. The van der Waals surface area contributed by atoms with Gasteiger partial charge in [-0.05, 0) is 47.1 Å². The number of anilines is 1. The maximum Gasteiger partial charge on any atom is 0.256 e. The lowest BCUT2D eigenvalue weighted by atomic mass is 10.1. The summed E-state index contributed by atoms with van der Waals surface area (Å²) in [4.78, 5) is 15.0. The molecule has 19 heavy (non-hydrogen) atoms. The summed E-state index contributed by atoms with van der Waals surface area (Å²) in [6.45, 7) is 1.84. The molecule has 0 fully saturated rings. The van der Waals surface area contributed by atoms with Gasteiger partial charge in [0.05, 0.1) is 11.3 Å². The lowest BCUT2D eigenvalue weighted by Crippen LogP contribution is -2.14. The Morgan fingerprint density at radius 3 is 2.68 bits per heavy atom. The summed E-state index contributed by atoms with van der Waals surface area (Å²) in [6, 6.07) is 7.32. The number of amides is 1. The maximum absolute atomic E-state index is 13.3. The van der Waals surface area contributed by atoms with Crippen molar-refractivity contribution in [2.24, 2.45) is 0 Å². The Morgan fingerprint density at radius 1 is 1.26 bits per heavy atom. The summed E-state index contributed by atoms with van der Waals surface area (Å²) in [7, 11) is 0. The van der Waals surface area contributed by atoms with Crippen LogP contribution in [-0.2, 0) is 0 Å². The molecule has 1 aromatic carbocycles. The molecule has 0 spiro atoms. The highest BCUT2D eigenvalue weighted by Gasteiger charge is 2.13. The normalized spacial score (nSPS) is 10.3. The van der Waals surface area contributed by atoms with E-state index in [4.69, 9.17) is 0 Å². The first kappa shape index (κ1) is 13.6. The number of hydrogen-bond donors (Lipinski definition) is 1. The number of halogens is 3. The molecule has 0 aliphatic carbocycles. The summed E-state index contributed by atoms with van der Waals surface area (Å²) >= 11 is 3.24. The van der Waals surface area contributed by atoms with Gasteiger partial charge in [-0.25, -0.2) is 0 Å². The third kappa shape index (κ3) is 3.14. The molecule has 0 bridgehead atoms. The number of carbonyl (C=O) groups excluding carboxylic acids is 1. The van der Waals surface area contributed by atoms with Crippen LogP contribution in [0.2, 0.25) is 0 Å². The van der Waals surface area contributed by atoms with Crippen LogP contribution in [0.25, 0.3) is 0 Å². The number of aryl methyl sites for hydroxylation is 1. The Kier molecular flexibility index (Phi) is 3.90. The molecule has 0 atom stereocenters. The third-order valence-electron chi connectivity index (χ3n) is 2.43. The first-order chi connectivity index (χ1) is 8.97. The van der Waals surface area contributed by atoms with E-state index in [1.165, 1.54) is 0 Å². The highest BCUT2D eigenvalue weighted by molar-refractivity contribution is 9.10. The Balaban J connectivity index is 2.28. The fourth-order valence-corrected chi connectivity index (χ4v) is 1.93. The largest absolute Gasteiger partial charge is 0.318 e. The van der Waals surface area contributed by atoms with Crippen LogP contribution < -0.4 is 5.32 Å². The van der Waals surface area contributed by atoms with Crippen LogP contribution in [0.4, 0.5) is 14.5 Å². The molecule has 2 aromatic rings. The second-order valence-electron chi connectivity index (χ2n) is 3.91. The van der Waals surface area contributed by atoms with Crippen molar-refractivity contribution < 1.29 is 13.6 Å². The van der Waals surface area contributed by atoms with Gasteiger partial charge in [-0.3, -0.25) is 4.79 Å². The van der Waals surface area contributed by atoms with Gasteiger partial charge in [-0.1, -0.05) is 11.6 Å². The molecular weight excluding hydrogens is 318 g/mol. The second kappa shape index (κ2) is 5.44. The van der Waals surface area contributed by atoms with Crippen LogP contribution in [0.5, 0.6) is 0 Å². The van der Waals surface area contributed by atoms with E-state index in [1.807, 2.05) is 13.0 Å². The highest BCUT2D eigenvalue weighted by Crippen LogP contribution is 2.20. The Morgan fingerprint density at radius 2 is 2.00 bits per heavy atom. The zero-order chi connectivity index (χ0) is 14.0. The molecule has 98 valence electrons. The van der Waals surface area contributed by atoms with Crippen molar-refractivity contribution in [3.8, 4) is 0 Å². The van der Waals surface area contributed by atoms with Crippen LogP contribution in [0.15, 0.2) is 34.8 Å². The van der Waals surface area contributed by atoms with Gasteiger partial charge >= 0.3 is 0 Å². The number of pyridine rings is 1. The van der Waals surface area contributed by atoms with Crippen LogP contribution >= 0.6 is 15.9 Å². The molecule has 0 saturated heterocycles. The smallest absolute Gasteiger partial charge is 0.256 e. The van der Waals surface area contributed by atoms with Gasteiger partial charge in [-0.15, -0.1) is 0 Å². The molecule has 1 heterocycles. The number of hydrogen-bond acceptors (Lipinski definition) is 2. The molecule has 1 aromatic heterocycles. The van der Waals surface area contributed by atoms with E-state index in [0.717, 1.165) is 17.7 Å². The summed E-state index contributed by atoms with van der Waals surface area (Å²) in [5.74, 6) is -2.49. The van der Waals surface area contributed by atoms with E-state index in [9.17, 15) is 13.6 Å². The predicted molar refractivity (Wildman–Crippen MR) is 71.0 cm³/mol. The van der Waals surface area contributed by atoms with Crippen LogP contribution in [-0.4, -0.2) is 10.9 Å². The van der Waals surface area contributed by atoms with E-state index >= 15 is 0 Å². The zero-order valence-electron chi connectivity index (χ0n) is 9.88. The Hall–Kier alpha value is -1.82. The molecule has 3 nitrogen and oxygen atoms in total. The molecule has 1 amide bonds. The van der Waals surface area contributed by atoms with Gasteiger partial charge in [-0.2, -0.15) is 13.8 Å². The van der Waals surface area contributed by atoms with E-state index in [0.29, 0.717) is 10.0 Å². The average molecular weight is 327 g/mol. The van der Waals surface area contributed by atoms with Crippen molar-refractivity contribution in [3.63, 3.8) is 0 Å². The van der Waals surface area contributed by atoms with Crippen molar-refractivity contribution in [2.75, 3.05) is 5.32 Å². The number of nitrogens with one attached hydrogen (secondary N) is 1. The van der Waals surface area contributed by atoms with E-state index in [-0.39, 0.29) is 5.69 Å². The zero-order valence-corrected chi connectivity index (χ0v) is 11.5. The van der Waals surface area contributed by atoms with Crippen molar-refractivity contribution in [1.82, 2.24) is 4.98 Å². The van der Waals surface area contributed by atoms with Crippen molar-refractivity contribution in [1.29, 1.82) is 0 Å². The molecule has 1 N–H and O–H groups in total. The third-order valence-corrected chi connectivity index (χ3v) is 3.12.